The molecule has 2 rings (SSSR count). The summed E-state index contributed by atoms with van der Waals surface area (Å²) in [7, 11) is 0. The third-order valence-corrected chi connectivity index (χ3v) is 2.00. The molecule has 0 saturated carbocycles. The Labute approximate surface area is 86.5 Å². The van der Waals surface area contributed by atoms with Gasteiger partial charge in [0, 0.05) is 19.2 Å². The molecule has 5 nitrogen and oxygen atoms in total. The van der Waals surface area contributed by atoms with Crippen LogP contribution in [0.3, 0.4) is 0 Å². The lowest BCUT2D eigenvalue weighted by Gasteiger charge is -2.00. The van der Waals surface area contributed by atoms with E-state index in [1.165, 1.54) is 6.20 Å². The Morgan fingerprint density at radius 2 is 2.53 bits per heavy atom. The summed E-state index contributed by atoms with van der Waals surface area (Å²) < 4.78 is 5.14. The summed E-state index contributed by atoms with van der Waals surface area (Å²) in [5.74, 6) is 0.734. The minimum atomic E-state index is -0.129. The molecule has 0 atom stereocenters. The van der Waals surface area contributed by atoms with Gasteiger partial charge < -0.3 is 9.73 Å². The number of nitrogens with zero attached hydrogens (tertiary/aromatic N) is 1. The Bertz CT molecular complexity index is 406. The fourth-order valence-corrected chi connectivity index (χ4v) is 1.23. The molecule has 0 aliphatic carbocycles. The summed E-state index contributed by atoms with van der Waals surface area (Å²) >= 11 is 0. The van der Waals surface area contributed by atoms with Crippen LogP contribution in [0.4, 0.5) is 0 Å². The van der Waals surface area contributed by atoms with Crippen molar-refractivity contribution in [2.24, 2.45) is 0 Å². The number of hydrogen-bond donors (Lipinski definition) is 2. The van der Waals surface area contributed by atoms with Crippen LogP contribution in [-0.4, -0.2) is 22.6 Å². The molecule has 78 valence electrons. The number of aromatic nitrogens is 2. The largest absolute Gasteiger partial charge is 0.469 e. The lowest BCUT2D eigenvalue weighted by molar-refractivity contribution is 0.0954. The molecule has 0 saturated heterocycles. The molecule has 2 aromatic heterocycles. The number of nitrogens with one attached hydrogen (secondary N) is 2. The standard InChI is InChI=1S/C10H11N3O2/c14-10(8-6-12-13-7-8)11-4-3-9-2-1-5-15-9/h1-2,5-7H,3-4H2,(H,11,14)(H,12,13). The van der Waals surface area contributed by atoms with Crippen molar-refractivity contribution in [3.8, 4) is 0 Å². The highest BCUT2D eigenvalue weighted by Gasteiger charge is 2.05. The molecule has 0 aliphatic heterocycles. The summed E-state index contributed by atoms with van der Waals surface area (Å²) in [5.41, 5.74) is 0.537. The van der Waals surface area contributed by atoms with Crippen molar-refractivity contribution in [2.45, 2.75) is 6.42 Å². The number of rotatable bonds is 4. The predicted octanol–water partition coefficient (Wildman–Crippen LogP) is 0.975. The minimum absolute atomic E-state index is 0.129. The van der Waals surface area contributed by atoms with Crippen molar-refractivity contribution >= 4 is 5.91 Å². The highest BCUT2D eigenvalue weighted by Crippen LogP contribution is 2.00. The topological polar surface area (TPSA) is 70.9 Å². The van der Waals surface area contributed by atoms with Crippen molar-refractivity contribution in [3.05, 3.63) is 42.1 Å². The van der Waals surface area contributed by atoms with Gasteiger partial charge >= 0.3 is 0 Å². The fourth-order valence-electron chi connectivity index (χ4n) is 1.23. The molecule has 15 heavy (non-hydrogen) atoms. The molecule has 0 aromatic carbocycles. The van der Waals surface area contributed by atoms with Crippen LogP contribution in [0.15, 0.2) is 35.2 Å². The first-order valence-electron chi connectivity index (χ1n) is 4.65. The molecule has 2 N–H and O–H groups in total. The Morgan fingerprint density at radius 3 is 3.20 bits per heavy atom. The van der Waals surface area contributed by atoms with E-state index in [0.717, 1.165) is 5.76 Å². The maximum Gasteiger partial charge on any atom is 0.254 e. The third-order valence-electron chi connectivity index (χ3n) is 2.00. The van der Waals surface area contributed by atoms with Crippen LogP contribution in [0.25, 0.3) is 0 Å². The molecule has 0 radical (unpaired) electrons. The summed E-state index contributed by atoms with van der Waals surface area (Å²) in [6, 6.07) is 3.71. The zero-order chi connectivity index (χ0) is 10.5. The van der Waals surface area contributed by atoms with Gasteiger partial charge in [-0.2, -0.15) is 5.10 Å². The van der Waals surface area contributed by atoms with Crippen LogP contribution in [0.5, 0.6) is 0 Å². The Balaban J connectivity index is 1.77. The van der Waals surface area contributed by atoms with Crippen molar-refractivity contribution < 1.29 is 9.21 Å². The molecule has 0 aliphatic rings. The first kappa shape index (κ1) is 9.51. The number of furan rings is 1. The van der Waals surface area contributed by atoms with Crippen molar-refractivity contribution in [2.75, 3.05) is 6.54 Å². The first-order chi connectivity index (χ1) is 7.36. The van der Waals surface area contributed by atoms with Gasteiger partial charge in [0.15, 0.2) is 0 Å². The van der Waals surface area contributed by atoms with E-state index in [1.54, 1.807) is 12.5 Å². The van der Waals surface area contributed by atoms with Gasteiger partial charge in [0.05, 0.1) is 18.0 Å². The normalized spacial score (nSPS) is 10.1. The number of hydrogen-bond acceptors (Lipinski definition) is 3. The van der Waals surface area contributed by atoms with Crippen LogP contribution in [0, 0.1) is 0 Å². The second-order valence-electron chi connectivity index (χ2n) is 3.07. The molecule has 5 heteroatoms. The Morgan fingerprint density at radius 1 is 1.60 bits per heavy atom. The van der Waals surface area contributed by atoms with E-state index in [0.29, 0.717) is 18.5 Å². The number of amides is 1. The summed E-state index contributed by atoms with van der Waals surface area (Å²) in [5, 5.41) is 9.05. The second kappa shape index (κ2) is 4.45. The van der Waals surface area contributed by atoms with Gasteiger partial charge in [0.25, 0.3) is 5.91 Å². The molecule has 1 amide bonds. The average Bonchev–Trinajstić information content (AvgIpc) is 2.90. The van der Waals surface area contributed by atoms with Gasteiger partial charge in [-0.25, -0.2) is 0 Å². The lowest BCUT2D eigenvalue weighted by Crippen LogP contribution is -2.25. The summed E-state index contributed by atoms with van der Waals surface area (Å²) in [6.07, 6.45) is 5.36. The smallest absolute Gasteiger partial charge is 0.254 e. The van der Waals surface area contributed by atoms with Crippen LogP contribution >= 0.6 is 0 Å². The Kier molecular flexibility index (Phi) is 2.82. The fraction of sp³-hybridized carbons (Fsp3) is 0.200. The van der Waals surface area contributed by atoms with Crippen LogP contribution in [0.1, 0.15) is 16.1 Å². The van der Waals surface area contributed by atoms with Gasteiger partial charge in [-0.1, -0.05) is 0 Å². The van der Waals surface area contributed by atoms with Crippen molar-refractivity contribution in [1.29, 1.82) is 0 Å². The maximum absolute atomic E-state index is 11.4. The van der Waals surface area contributed by atoms with Crippen molar-refractivity contribution in [1.82, 2.24) is 15.5 Å². The van der Waals surface area contributed by atoms with Gasteiger partial charge in [-0.3, -0.25) is 9.89 Å². The summed E-state index contributed by atoms with van der Waals surface area (Å²) in [4.78, 5) is 11.4. The van der Waals surface area contributed by atoms with Gasteiger partial charge in [-0.15, -0.1) is 0 Å². The highest BCUT2D eigenvalue weighted by atomic mass is 16.3. The maximum atomic E-state index is 11.4. The minimum Gasteiger partial charge on any atom is -0.469 e. The van der Waals surface area contributed by atoms with Gasteiger partial charge in [0.2, 0.25) is 0 Å². The highest BCUT2D eigenvalue weighted by molar-refractivity contribution is 5.93. The van der Waals surface area contributed by atoms with E-state index < -0.39 is 0 Å². The number of H-pyrrole nitrogens is 1. The zero-order valence-electron chi connectivity index (χ0n) is 8.06. The van der Waals surface area contributed by atoms with E-state index in [9.17, 15) is 4.79 Å². The van der Waals surface area contributed by atoms with Crippen LogP contribution in [0.2, 0.25) is 0 Å². The van der Waals surface area contributed by atoms with Crippen LogP contribution < -0.4 is 5.32 Å². The molecule has 0 fully saturated rings. The zero-order valence-corrected chi connectivity index (χ0v) is 8.06. The van der Waals surface area contributed by atoms with Crippen LogP contribution in [-0.2, 0) is 6.42 Å². The molecule has 0 bridgehead atoms. The SMILES string of the molecule is O=C(NCCc1ccco1)c1cn[nH]c1. The van der Waals surface area contributed by atoms with E-state index in [-0.39, 0.29) is 5.91 Å². The number of carbonyl (C=O) groups is 1. The van der Waals surface area contributed by atoms with E-state index in [1.807, 2.05) is 12.1 Å². The van der Waals surface area contributed by atoms with Gasteiger partial charge in [0.1, 0.15) is 5.76 Å². The quantitative estimate of drug-likeness (QED) is 0.781. The predicted molar refractivity (Wildman–Crippen MR) is 53.3 cm³/mol. The van der Waals surface area contributed by atoms with Crippen molar-refractivity contribution in [3.63, 3.8) is 0 Å². The van der Waals surface area contributed by atoms with E-state index in [2.05, 4.69) is 15.5 Å². The Hall–Kier alpha value is -2.04. The van der Waals surface area contributed by atoms with E-state index in [4.69, 9.17) is 4.42 Å². The third kappa shape index (κ3) is 2.46. The number of aromatic amines is 1. The molecule has 0 spiro atoms. The average molecular weight is 205 g/mol. The van der Waals surface area contributed by atoms with E-state index >= 15 is 0 Å². The first-order valence-corrected chi connectivity index (χ1v) is 4.65. The molecular formula is C10H11N3O2. The number of carbonyl (C=O) groups excluding carboxylic acids is 1. The lowest BCUT2D eigenvalue weighted by atomic mass is 10.3. The summed E-state index contributed by atoms with van der Waals surface area (Å²) in [6.45, 7) is 0.553. The second-order valence-corrected chi connectivity index (χ2v) is 3.07. The molecular weight excluding hydrogens is 194 g/mol. The monoisotopic (exact) mass is 205 g/mol. The molecule has 2 aromatic rings. The molecule has 0 unspecified atom stereocenters. The van der Waals surface area contributed by atoms with Gasteiger partial charge in [-0.05, 0) is 12.1 Å². The molecule has 2 heterocycles.